The Morgan fingerprint density at radius 2 is 1.72 bits per heavy atom. The molecule has 1 aliphatic carbocycles. The number of nitrogen functional groups attached to an aromatic ring is 1. The van der Waals surface area contributed by atoms with Gasteiger partial charge in [0, 0.05) is 27.4 Å². The Morgan fingerprint density at radius 3 is 2.30 bits per heavy atom. The van der Waals surface area contributed by atoms with Crippen LogP contribution in [0.1, 0.15) is 59.1 Å². The summed E-state index contributed by atoms with van der Waals surface area (Å²) in [4.78, 5) is 41.7. The lowest BCUT2D eigenvalue weighted by Crippen LogP contribution is -2.51. The van der Waals surface area contributed by atoms with E-state index in [1.54, 1.807) is 16.3 Å². The van der Waals surface area contributed by atoms with Crippen molar-refractivity contribution in [1.29, 1.82) is 5.41 Å². The lowest BCUT2D eigenvalue weighted by Gasteiger charge is -2.28. The van der Waals surface area contributed by atoms with E-state index >= 15 is 0 Å². The van der Waals surface area contributed by atoms with E-state index in [0.29, 0.717) is 17.7 Å². The summed E-state index contributed by atoms with van der Waals surface area (Å²) in [6, 6.07) is 10.9. The van der Waals surface area contributed by atoms with E-state index in [9.17, 15) is 27.6 Å². The first-order valence-electron chi connectivity index (χ1n) is 13.5. The number of nitrogens with two attached hydrogens (primary N) is 1. The van der Waals surface area contributed by atoms with Gasteiger partial charge in [0.1, 0.15) is 23.4 Å². The number of hydrogen-bond acceptors (Lipinski definition) is 6. The van der Waals surface area contributed by atoms with Crippen molar-refractivity contribution in [1.82, 2.24) is 15.5 Å². The maximum absolute atomic E-state index is 13.3. The normalized spacial score (nSPS) is 21.5. The van der Waals surface area contributed by atoms with Crippen LogP contribution in [0.4, 0.5) is 13.2 Å². The summed E-state index contributed by atoms with van der Waals surface area (Å²) in [5.41, 5.74) is 5.46. The molecule has 1 aromatic heterocycles. The zero-order valence-corrected chi connectivity index (χ0v) is 24.1. The van der Waals surface area contributed by atoms with Crippen molar-refractivity contribution in [3.63, 3.8) is 0 Å². The number of benzene rings is 2. The Kier molecular flexibility index (Phi) is 7.95. The van der Waals surface area contributed by atoms with E-state index < -0.39 is 23.7 Å². The number of carbonyl (C=O) groups excluding carboxylic acids is 3. The van der Waals surface area contributed by atoms with E-state index in [1.165, 1.54) is 47.7 Å². The highest BCUT2D eigenvalue weighted by Crippen LogP contribution is 2.59. The number of amides is 3. The number of thiophene rings is 1. The van der Waals surface area contributed by atoms with E-state index in [-0.39, 0.29) is 53.0 Å². The Hall–Kier alpha value is -4.39. The molecule has 0 spiro atoms. The average Bonchev–Trinajstić information content (AvgIpc) is 3.27. The van der Waals surface area contributed by atoms with Gasteiger partial charge in [-0.1, -0.05) is 6.92 Å². The number of carbonyl (C=O) groups is 3. The second-order valence-electron chi connectivity index (χ2n) is 11.1. The molecule has 3 amide bonds. The van der Waals surface area contributed by atoms with Crippen LogP contribution in [-0.4, -0.2) is 47.1 Å². The number of ether oxygens (including phenoxy) is 1. The molecule has 1 aliphatic heterocycles. The van der Waals surface area contributed by atoms with E-state index in [1.807, 2.05) is 13.8 Å². The minimum atomic E-state index is -4.44. The van der Waals surface area contributed by atoms with Gasteiger partial charge in [-0.3, -0.25) is 19.8 Å². The molecule has 43 heavy (non-hydrogen) atoms. The van der Waals surface area contributed by atoms with E-state index in [4.69, 9.17) is 15.9 Å². The van der Waals surface area contributed by atoms with Gasteiger partial charge in [0.2, 0.25) is 11.8 Å². The summed E-state index contributed by atoms with van der Waals surface area (Å²) >= 11 is 1.39. The van der Waals surface area contributed by atoms with E-state index in [0.717, 1.165) is 23.4 Å². The molecule has 5 N–H and O–H groups in total. The molecule has 2 aromatic carbocycles. The molecular formula is C30H30F3N5O4S. The average molecular weight is 614 g/mol. The van der Waals surface area contributed by atoms with Gasteiger partial charge >= 0.3 is 6.18 Å². The number of nitrogens with one attached hydrogen (secondary N) is 3. The van der Waals surface area contributed by atoms with Gasteiger partial charge in [0.05, 0.1) is 18.2 Å². The SMILES string of the molecule is C[C@@H](NC(=O)[C@@H]1C[C@]2(C)C[C@@H]2N1C(=O)CNC(=O)c1ccc(Oc2ccc(C(F)(F)F)cc2)cc1)c1cc(C(=N)N)cs1. The number of nitrogens with zero attached hydrogens (tertiary/aromatic N) is 1. The highest BCUT2D eigenvalue weighted by Gasteiger charge is 2.64. The molecule has 0 unspecified atom stereocenters. The molecule has 2 heterocycles. The van der Waals surface area contributed by atoms with Gasteiger partial charge in [0.25, 0.3) is 5.91 Å². The molecule has 4 atom stereocenters. The number of halogens is 3. The van der Waals surface area contributed by atoms with Crippen LogP contribution in [0.5, 0.6) is 11.5 Å². The van der Waals surface area contributed by atoms with Crippen molar-refractivity contribution in [2.45, 2.75) is 51.0 Å². The molecule has 0 bridgehead atoms. The van der Waals surface area contributed by atoms with Crippen molar-refractivity contribution in [2.75, 3.05) is 6.54 Å². The lowest BCUT2D eigenvalue weighted by atomic mass is 10.0. The molecule has 226 valence electrons. The van der Waals surface area contributed by atoms with E-state index in [2.05, 4.69) is 10.6 Å². The third-order valence-electron chi connectivity index (χ3n) is 7.88. The molecular weight excluding hydrogens is 583 g/mol. The number of piperidine rings is 1. The van der Waals surface area contributed by atoms with Gasteiger partial charge in [0.15, 0.2) is 0 Å². The molecule has 5 rings (SSSR count). The maximum atomic E-state index is 13.3. The number of fused-ring (bicyclic) bond motifs is 1. The van der Waals surface area contributed by atoms with Crippen LogP contribution in [0.2, 0.25) is 0 Å². The van der Waals surface area contributed by atoms with Crippen LogP contribution < -0.4 is 21.1 Å². The molecule has 3 aromatic rings. The summed E-state index contributed by atoms with van der Waals surface area (Å²) in [5, 5.41) is 14.9. The van der Waals surface area contributed by atoms with Gasteiger partial charge < -0.3 is 26.0 Å². The summed E-state index contributed by atoms with van der Waals surface area (Å²) in [5.74, 6) is -0.656. The minimum Gasteiger partial charge on any atom is -0.457 e. The van der Waals surface area contributed by atoms with Crippen LogP contribution in [0, 0.1) is 10.8 Å². The quantitative estimate of drug-likeness (QED) is 0.202. The first kappa shape index (κ1) is 30.1. The van der Waals surface area contributed by atoms with Gasteiger partial charge in [-0.15, -0.1) is 11.3 Å². The molecule has 0 radical (unpaired) electrons. The minimum absolute atomic E-state index is 0.0499. The Balaban J connectivity index is 1.16. The zero-order chi connectivity index (χ0) is 31.1. The van der Waals surface area contributed by atoms with Gasteiger partial charge in [-0.2, -0.15) is 13.2 Å². The van der Waals surface area contributed by atoms with Crippen LogP contribution in [0.25, 0.3) is 0 Å². The van der Waals surface area contributed by atoms with Gasteiger partial charge in [-0.25, -0.2) is 0 Å². The maximum Gasteiger partial charge on any atom is 0.416 e. The fourth-order valence-electron chi connectivity index (χ4n) is 5.33. The van der Waals surface area contributed by atoms with Crippen molar-refractivity contribution in [3.8, 4) is 11.5 Å². The largest absolute Gasteiger partial charge is 0.457 e. The molecule has 1 saturated carbocycles. The molecule has 2 fully saturated rings. The fraction of sp³-hybridized carbons (Fsp3) is 0.333. The Labute approximate surface area is 249 Å². The molecule has 9 nitrogen and oxygen atoms in total. The molecule has 13 heteroatoms. The zero-order valence-electron chi connectivity index (χ0n) is 23.3. The highest BCUT2D eigenvalue weighted by atomic mass is 32.1. The number of alkyl halides is 3. The van der Waals surface area contributed by atoms with Crippen LogP contribution >= 0.6 is 11.3 Å². The number of amidine groups is 1. The molecule has 2 aliphatic rings. The number of hydrogen-bond donors (Lipinski definition) is 4. The Morgan fingerprint density at radius 1 is 1.09 bits per heavy atom. The fourth-order valence-corrected chi connectivity index (χ4v) is 6.25. The predicted octanol–water partition coefficient (Wildman–Crippen LogP) is 4.83. The summed E-state index contributed by atoms with van der Waals surface area (Å²) < 4.78 is 43.8. The first-order chi connectivity index (χ1) is 20.2. The van der Waals surface area contributed by atoms with Crippen LogP contribution in [-0.2, 0) is 15.8 Å². The van der Waals surface area contributed by atoms with Crippen molar-refractivity contribution < 1.29 is 32.3 Å². The van der Waals surface area contributed by atoms with Crippen molar-refractivity contribution in [2.24, 2.45) is 11.1 Å². The monoisotopic (exact) mass is 613 g/mol. The topological polar surface area (TPSA) is 138 Å². The highest BCUT2D eigenvalue weighted by molar-refractivity contribution is 7.10. The Bertz CT molecular complexity index is 1560. The number of likely N-dealkylation sites (tertiary alicyclic amines) is 1. The summed E-state index contributed by atoms with van der Waals surface area (Å²) in [6.45, 7) is 3.58. The first-order valence-corrected chi connectivity index (χ1v) is 14.4. The smallest absolute Gasteiger partial charge is 0.416 e. The third-order valence-corrected chi connectivity index (χ3v) is 8.99. The standard InChI is InChI=1S/C30H30F3N5O4S/c1-16(23-11-18(15-43-23)26(34)35)37-28(41)22-12-29(2)13-24(29)38(22)25(39)14-36-27(40)17-3-7-20(8-4-17)42-21-9-5-19(6-10-21)30(31,32)33/h3-11,15-16,22,24H,12-14H2,1-2H3,(H3,34,35)(H,36,40)(H,37,41)/t16-,22+,24+,29-/m1/s1. The van der Waals surface area contributed by atoms with Crippen LogP contribution in [0.15, 0.2) is 60.0 Å². The number of rotatable bonds is 9. The van der Waals surface area contributed by atoms with Crippen LogP contribution in [0.3, 0.4) is 0 Å². The summed E-state index contributed by atoms with van der Waals surface area (Å²) in [6.07, 6.45) is -3.13. The third kappa shape index (κ3) is 6.51. The van der Waals surface area contributed by atoms with Crippen molar-refractivity contribution in [3.05, 3.63) is 81.5 Å². The lowest BCUT2D eigenvalue weighted by molar-refractivity contribution is -0.139. The summed E-state index contributed by atoms with van der Waals surface area (Å²) in [7, 11) is 0. The second-order valence-corrected chi connectivity index (χ2v) is 12.1. The van der Waals surface area contributed by atoms with Crippen molar-refractivity contribution >= 4 is 34.9 Å². The molecule has 1 saturated heterocycles. The predicted molar refractivity (Wildman–Crippen MR) is 154 cm³/mol. The van der Waals surface area contributed by atoms with Gasteiger partial charge in [-0.05, 0) is 79.8 Å². The second kappa shape index (κ2) is 11.4.